The molecule has 19 heavy (non-hydrogen) atoms. The van der Waals surface area contributed by atoms with Crippen molar-refractivity contribution in [3.8, 4) is 0 Å². The van der Waals surface area contributed by atoms with E-state index in [-0.39, 0.29) is 11.7 Å². The SMILES string of the molecule is COCCN(CCC(N)=NO)C(=O)c1sccc1C. The first-order valence-electron chi connectivity index (χ1n) is 5.88. The summed E-state index contributed by atoms with van der Waals surface area (Å²) in [7, 11) is 1.59. The van der Waals surface area contributed by atoms with Crippen molar-refractivity contribution in [1.82, 2.24) is 4.90 Å². The van der Waals surface area contributed by atoms with Gasteiger partial charge in [0.15, 0.2) is 0 Å². The number of carbonyl (C=O) groups is 1. The van der Waals surface area contributed by atoms with Crippen LogP contribution in [0.2, 0.25) is 0 Å². The first kappa shape index (κ1) is 15.5. The molecule has 0 spiro atoms. The molecular weight excluding hydrogens is 266 g/mol. The van der Waals surface area contributed by atoms with E-state index in [4.69, 9.17) is 15.7 Å². The second kappa shape index (κ2) is 7.75. The molecule has 0 radical (unpaired) electrons. The molecule has 0 unspecified atom stereocenters. The van der Waals surface area contributed by atoms with Crippen LogP contribution in [0, 0.1) is 6.92 Å². The lowest BCUT2D eigenvalue weighted by Crippen LogP contribution is -2.36. The second-order valence-corrected chi connectivity index (χ2v) is 4.98. The molecule has 7 heteroatoms. The average Bonchev–Trinajstić information content (AvgIpc) is 2.84. The number of hydrogen-bond donors (Lipinski definition) is 2. The van der Waals surface area contributed by atoms with Gasteiger partial charge in [-0.1, -0.05) is 5.16 Å². The van der Waals surface area contributed by atoms with E-state index in [0.29, 0.717) is 26.1 Å². The van der Waals surface area contributed by atoms with E-state index in [1.807, 2.05) is 18.4 Å². The highest BCUT2D eigenvalue weighted by Gasteiger charge is 2.18. The number of carbonyl (C=O) groups excluding carboxylic acids is 1. The number of methoxy groups -OCH3 is 1. The number of rotatable bonds is 7. The number of hydrogen-bond acceptors (Lipinski definition) is 5. The summed E-state index contributed by atoms with van der Waals surface area (Å²) in [6.45, 7) is 3.23. The van der Waals surface area contributed by atoms with Crippen molar-refractivity contribution in [3.63, 3.8) is 0 Å². The van der Waals surface area contributed by atoms with Crippen LogP contribution in [-0.2, 0) is 4.74 Å². The zero-order valence-electron chi connectivity index (χ0n) is 11.1. The molecule has 1 aromatic heterocycles. The number of thiophene rings is 1. The number of amides is 1. The van der Waals surface area contributed by atoms with Crippen LogP contribution in [0.5, 0.6) is 0 Å². The number of amidine groups is 1. The maximum absolute atomic E-state index is 12.4. The Morgan fingerprint density at radius 1 is 1.58 bits per heavy atom. The fraction of sp³-hybridized carbons (Fsp3) is 0.500. The van der Waals surface area contributed by atoms with E-state index in [0.717, 1.165) is 10.4 Å². The predicted molar refractivity (Wildman–Crippen MR) is 74.9 cm³/mol. The lowest BCUT2D eigenvalue weighted by atomic mass is 10.2. The summed E-state index contributed by atoms with van der Waals surface area (Å²) in [5, 5.41) is 13.3. The quantitative estimate of drug-likeness (QED) is 0.342. The van der Waals surface area contributed by atoms with Gasteiger partial charge in [-0.25, -0.2) is 0 Å². The molecule has 0 bridgehead atoms. The Labute approximate surface area is 116 Å². The van der Waals surface area contributed by atoms with Gasteiger partial charge in [-0.2, -0.15) is 0 Å². The van der Waals surface area contributed by atoms with Crippen LogP contribution < -0.4 is 5.73 Å². The number of nitrogens with zero attached hydrogens (tertiary/aromatic N) is 2. The smallest absolute Gasteiger partial charge is 0.264 e. The topological polar surface area (TPSA) is 88.2 Å². The molecule has 1 rings (SSSR count). The number of aryl methyl sites for hydroxylation is 1. The average molecular weight is 285 g/mol. The molecule has 1 aromatic rings. The third-order valence-corrected chi connectivity index (χ3v) is 3.68. The van der Waals surface area contributed by atoms with Crippen molar-refractivity contribution < 1.29 is 14.7 Å². The van der Waals surface area contributed by atoms with Gasteiger partial charge < -0.3 is 20.6 Å². The maximum Gasteiger partial charge on any atom is 0.264 e. The third-order valence-electron chi connectivity index (χ3n) is 2.68. The summed E-state index contributed by atoms with van der Waals surface area (Å²) in [5.41, 5.74) is 6.39. The predicted octanol–water partition coefficient (Wildman–Crippen LogP) is 1.28. The molecule has 1 amide bonds. The van der Waals surface area contributed by atoms with Crippen LogP contribution in [0.4, 0.5) is 0 Å². The highest BCUT2D eigenvalue weighted by atomic mass is 32.1. The molecule has 106 valence electrons. The van der Waals surface area contributed by atoms with E-state index in [1.165, 1.54) is 11.3 Å². The molecule has 0 saturated carbocycles. The van der Waals surface area contributed by atoms with Crippen LogP contribution in [0.15, 0.2) is 16.6 Å². The molecule has 0 fully saturated rings. The molecule has 0 aliphatic rings. The van der Waals surface area contributed by atoms with E-state index in [1.54, 1.807) is 12.0 Å². The third kappa shape index (κ3) is 4.53. The van der Waals surface area contributed by atoms with E-state index < -0.39 is 0 Å². The number of nitrogens with two attached hydrogens (primary N) is 1. The lowest BCUT2D eigenvalue weighted by Gasteiger charge is -2.21. The van der Waals surface area contributed by atoms with Crippen molar-refractivity contribution in [1.29, 1.82) is 0 Å². The summed E-state index contributed by atoms with van der Waals surface area (Å²) >= 11 is 1.42. The van der Waals surface area contributed by atoms with Crippen molar-refractivity contribution in [2.75, 3.05) is 26.8 Å². The molecule has 6 nitrogen and oxygen atoms in total. The van der Waals surface area contributed by atoms with Gasteiger partial charge in [0.1, 0.15) is 5.84 Å². The standard InChI is InChI=1S/C12H19N3O3S/c1-9-4-8-19-11(9)12(16)15(6-7-18-2)5-3-10(13)14-17/h4,8,17H,3,5-7H2,1-2H3,(H2,13,14). The highest BCUT2D eigenvalue weighted by molar-refractivity contribution is 7.12. The summed E-state index contributed by atoms with van der Waals surface area (Å²) in [5.74, 6) is 0.0633. The van der Waals surface area contributed by atoms with E-state index >= 15 is 0 Å². The van der Waals surface area contributed by atoms with Gasteiger partial charge in [0.25, 0.3) is 5.91 Å². The van der Waals surface area contributed by atoms with Crippen LogP contribution >= 0.6 is 11.3 Å². The molecule has 0 aromatic carbocycles. The maximum atomic E-state index is 12.4. The Morgan fingerprint density at radius 3 is 2.84 bits per heavy atom. The Bertz CT molecular complexity index is 445. The van der Waals surface area contributed by atoms with Crippen LogP contribution in [0.25, 0.3) is 0 Å². The highest BCUT2D eigenvalue weighted by Crippen LogP contribution is 2.18. The van der Waals surface area contributed by atoms with Crippen molar-refractivity contribution >= 4 is 23.1 Å². The zero-order valence-corrected chi connectivity index (χ0v) is 11.9. The first-order chi connectivity index (χ1) is 9.10. The molecule has 3 N–H and O–H groups in total. The van der Waals surface area contributed by atoms with Gasteiger partial charge >= 0.3 is 0 Å². The minimum atomic E-state index is -0.0460. The lowest BCUT2D eigenvalue weighted by molar-refractivity contribution is 0.0704. The van der Waals surface area contributed by atoms with Crippen LogP contribution in [-0.4, -0.2) is 48.7 Å². The monoisotopic (exact) mass is 285 g/mol. The number of ether oxygens (including phenoxy) is 1. The van der Waals surface area contributed by atoms with Gasteiger partial charge in [0.2, 0.25) is 0 Å². The Morgan fingerprint density at radius 2 is 2.32 bits per heavy atom. The van der Waals surface area contributed by atoms with Crippen molar-refractivity contribution in [2.24, 2.45) is 10.9 Å². The van der Waals surface area contributed by atoms with E-state index in [2.05, 4.69) is 5.16 Å². The van der Waals surface area contributed by atoms with Gasteiger partial charge in [-0.05, 0) is 23.9 Å². The van der Waals surface area contributed by atoms with Crippen LogP contribution in [0.1, 0.15) is 21.7 Å². The molecule has 0 atom stereocenters. The molecule has 0 aliphatic carbocycles. The molecule has 1 heterocycles. The molecule has 0 aliphatic heterocycles. The minimum Gasteiger partial charge on any atom is -0.409 e. The zero-order chi connectivity index (χ0) is 14.3. The van der Waals surface area contributed by atoms with Gasteiger partial charge in [0, 0.05) is 26.6 Å². The van der Waals surface area contributed by atoms with Crippen molar-refractivity contribution in [3.05, 3.63) is 21.9 Å². The normalized spacial score (nSPS) is 11.6. The van der Waals surface area contributed by atoms with Gasteiger partial charge in [0.05, 0.1) is 11.5 Å². The van der Waals surface area contributed by atoms with Gasteiger partial charge in [-0.3, -0.25) is 4.79 Å². The molecular formula is C12H19N3O3S. The summed E-state index contributed by atoms with van der Waals surface area (Å²) in [6.07, 6.45) is 0.330. The largest absolute Gasteiger partial charge is 0.409 e. The van der Waals surface area contributed by atoms with Crippen molar-refractivity contribution in [2.45, 2.75) is 13.3 Å². The Kier molecular flexibility index (Phi) is 6.31. The minimum absolute atomic E-state index is 0.0460. The fourth-order valence-corrected chi connectivity index (χ4v) is 2.44. The number of oxime groups is 1. The van der Waals surface area contributed by atoms with Crippen LogP contribution in [0.3, 0.4) is 0 Å². The summed E-state index contributed by atoms with van der Waals surface area (Å²) in [4.78, 5) is 14.7. The Balaban J connectivity index is 2.73. The summed E-state index contributed by atoms with van der Waals surface area (Å²) < 4.78 is 5.00. The fourth-order valence-electron chi connectivity index (χ4n) is 1.55. The second-order valence-electron chi connectivity index (χ2n) is 4.06. The van der Waals surface area contributed by atoms with E-state index in [9.17, 15) is 4.79 Å². The van der Waals surface area contributed by atoms with Gasteiger partial charge in [-0.15, -0.1) is 11.3 Å². The summed E-state index contributed by atoms with van der Waals surface area (Å²) in [6, 6.07) is 1.91. The molecule has 0 saturated heterocycles. The Hall–Kier alpha value is -1.60. The first-order valence-corrected chi connectivity index (χ1v) is 6.76.